The first-order chi connectivity index (χ1) is 12.0. The van der Waals surface area contributed by atoms with Gasteiger partial charge in [-0.25, -0.2) is 14.4 Å². The second-order valence-electron chi connectivity index (χ2n) is 6.29. The lowest BCUT2D eigenvalue weighted by Crippen LogP contribution is -2.33. The number of hydrogen-bond acceptors (Lipinski definition) is 3. The van der Waals surface area contributed by atoms with Gasteiger partial charge >= 0.3 is 0 Å². The number of carbonyl (C=O) groups is 1. The molecule has 0 bridgehead atoms. The fraction of sp³-hybridized carbons (Fsp3) is 0.278. The van der Waals surface area contributed by atoms with Crippen molar-refractivity contribution in [2.24, 2.45) is 7.05 Å². The first-order valence-corrected chi connectivity index (χ1v) is 8.43. The van der Waals surface area contributed by atoms with Gasteiger partial charge in [0.25, 0.3) is 5.91 Å². The number of hydrogen-bond donors (Lipinski definition) is 0. The number of carbonyl (C=O) groups excluding carboxylic acids is 1. The van der Waals surface area contributed by atoms with Gasteiger partial charge in [0, 0.05) is 29.9 Å². The molecule has 2 aromatic heterocycles. The van der Waals surface area contributed by atoms with Crippen LogP contribution in [-0.2, 0) is 13.6 Å². The molecule has 7 heteroatoms. The summed E-state index contributed by atoms with van der Waals surface area (Å²) >= 11 is 6.13. The highest BCUT2D eigenvalue weighted by molar-refractivity contribution is 6.31. The molecule has 5 nitrogen and oxygen atoms in total. The molecular weight excluding hydrogens is 343 g/mol. The van der Waals surface area contributed by atoms with Crippen LogP contribution in [0.25, 0.3) is 11.2 Å². The molecule has 128 valence electrons. The van der Waals surface area contributed by atoms with Crippen molar-refractivity contribution in [2.45, 2.75) is 25.4 Å². The van der Waals surface area contributed by atoms with Crippen molar-refractivity contribution in [3.05, 3.63) is 58.8 Å². The van der Waals surface area contributed by atoms with Gasteiger partial charge in [0.15, 0.2) is 5.65 Å². The highest BCUT2D eigenvalue weighted by atomic mass is 35.5. The van der Waals surface area contributed by atoms with Crippen LogP contribution in [0.1, 0.15) is 28.8 Å². The molecule has 3 aromatic rings. The smallest absolute Gasteiger partial charge is 0.256 e. The van der Waals surface area contributed by atoms with Gasteiger partial charge < -0.3 is 9.47 Å². The van der Waals surface area contributed by atoms with Crippen LogP contribution < -0.4 is 0 Å². The van der Waals surface area contributed by atoms with E-state index in [4.69, 9.17) is 11.6 Å². The van der Waals surface area contributed by atoms with Crippen LogP contribution in [0.15, 0.2) is 36.8 Å². The van der Waals surface area contributed by atoms with E-state index in [1.54, 1.807) is 40.2 Å². The van der Waals surface area contributed by atoms with E-state index in [1.165, 1.54) is 6.07 Å². The number of imidazole rings is 1. The quantitative estimate of drug-likeness (QED) is 0.716. The Morgan fingerprint density at radius 1 is 1.40 bits per heavy atom. The zero-order chi connectivity index (χ0) is 17.6. The maximum atomic E-state index is 14.1. The SMILES string of the molecule is Cn1cnc2cc(C(=O)N(Cc3c(F)cccc3Cl)C3CC3)cnc21. The normalized spacial score (nSPS) is 14.0. The maximum absolute atomic E-state index is 14.1. The Hall–Kier alpha value is -2.47. The van der Waals surface area contributed by atoms with Gasteiger partial charge in [0.1, 0.15) is 11.3 Å². The van der Waals surface area contributed by atoms with Crippen molar-refractivity contribution in [3.63, 3.8) is 0 Å². The predicted molar refractivity (Wildman–Crippen MR) is 92.8 cm³/mol. The zero-order valence-electron chi connectivity index (χ0n) is 13.6. The van der Waals surface area contributed by atoms with Gasteiger partial charge in [-0.2, -0.15) is 0 Å². The van der Waals surface area contributed by atoms with Gasteiger partial charge in [0.05, 0.1) is 18.4 Å². The summed E-state index contributed by atoms with van der Waals surface area (Å²) in [6, 6.07) is 6.39. The maximum Gasteiger partial charge on any atom is 0.256 e. The number of aryl methyl sites for hydroxylation is 1. The van der Waals surface area contributed by atoms with Gasteiger partial charge in [-0.3, -0.25) is 4.79 Å². The van der Waals surface area contributed by atoms with E-state index in [0.29, 0.717) is 27.3 Å². The van der Waals surface area contributed by atoms with Gasteiger partial charge in [0.2, 0.25) is 0 Å². The lowest BCUT2D eigenvalue weighted by molar-refractivity contribution is 0.0728. The second-order valence-corrected chi connectivity index (χ2v) is 6.69. The second kappa shape index (κ2) is 6.11. The molecule has 2 heterocycles. The molecule has 1 aromatic carbocycles. The van der Waals surface area contributed by atoms with E-state index in [2.05, 4.69) is 9.97 Å². The van der Waals surface area contributed by atoms with E-state index in [-0.39, 0.29) is 18.5 Å². The summed E-state index contributed by atoms with van der Waals surface area (Å²) in [6.07, 6.45) is 5.03. The molecule has 0 unspecified atom stereocenters. The molecule has 1 amide bonds. The molecule has 1 aliphatic carbocycles. The molecule has 0 saturated heterocycles. The topological polar surface area (TPSA) is 51.0 Å². The third-order valence-corrected chi connectivity index (χ3v) is 4.79. The molecule has 1 aliphatic rings. The third-order valence-electron chi connectivity index (χ3n) is 4.44. The summed E-state index contributed by atoms with van der Waals surface area (Å²) in [5.74, 6) is -0.578. The van der Waals surface area contributed by atoms with Crippen LogP contribution >= 0.6 is 11.6 Å². The minimum atomic E-state index is -0.399. The van der Waals surface area contributed by atoms with E-state index >= 15 is 0 Å². The van der Waals surface area contributed by atoms with Crippen LogP contribution in [0.4, 0.5) is 4.39 Å². The largest absolute Gasteiger partial charge is 0.331 e. The summed E-state index contributed by atoms with van der Waals surface area (Å²) in [5.41, 5.74) is 2.17. The Labute approximate surface area is 149 Å². The summed E-state index contributed by atoms with van der Waals surface area (Å²) in [4.78, 5) is 23.2. The standard InChI is InChI=1S/C18H16ClFN4O/c1-23-10-22-16-7-11(8-21-17(16)23)18(25)24(12-5-6-12)9-13-14(19)3-2-4-15(13)20/h2-4,7-8,10,12H,5-6,9H2,1H3. The lowest BCUT2D eigenvalue weighted by Gasteiger charge is -2.23. The van der Waals surface area contributed by atoms with E-state index in [1.807, 2.05) is 7.05 Å². The Kier molecular flexibility index (Phi) is 3.92. The van der Waals surface area contributed by atoms with E-state index in [0.717, 1.165) is 12.8 Å². The molecule has 1 saturated carbocycles. The Balaban J connectivity index is 1.67. The highest BCUT2D eigenvalue weighted by Gasteiger charge is 2.34. The summed E-state index contributed by atoms with van der Waals surface area (Å²) in [6.45, 7) is 0.148. The molecule has 25 heavy (non-hydrogen) atoms. The number of nitrogens with zero attached hydrogens (tertiary/aromatic N) is 4. The van der Waals surface area contributed by atoms with Crippen molar-refractivity contribution < 1.29 is 9.18 Å². The van der Waals surface area contributed by atoms with Crippen LogP contribution in [0.3, 0.4) is 0 Å². The molecule has 4 rings (SSSR count). The average Bonchev–Trinajstić information content (AvgIpc) is 3.37. The van der Waals surface area contributed by atoms with E-state index < -0.39 is 5.82 Å². The van der Waals surface area contributed by atoms with Crippen molar-refractivity contribution in [2.75, 3.05) is 0 Å². The molecule has 0 aliphatic heterocycles. The van der Waals surface area contributed by atoms with Crippen molar-refractivity contribution >= 4 is 28.7 Å². The van der Waals surface area contributed by atoms with Crippen LogP contribution in [-0.4, -0.2) is 31.4 Å². The zero-order valence-corrected chi connectivity index (χ0v) is 14.4. The average molecular weight is 359 g/mol. The fourth-order valence-corrected chi connectivity index (χ4v) is 3.13. The van der Waals surface area contributed by atoms with Gasteiger partial charge in [-0.1, -0.05) is 17.7 Å². The minimum absolute atomic E-state index is 0.114. The Morgan fingerprint density at radius 2 is 2.20 bits per heavy atom. The fourth-order valence-electron chi connectivity index (χ4n) is 2.91. The van der Waals surface area contributed by atoms with Gasteiger partial charge in [-0.05, 0) is 31.0 Å². The van der Waals surface area contributed by atoms with E-state index in [9.17, 15) is 9.18 Å². The lowest BCUT2D eigenvalue weighted by atomic mass is 10.1. The van der Waals surface area contributed by atoms with Gasteiger partial charge in [-0.15, -0.1) is 0 Å². The molecule has 1 fully saturated rings. The molecule has 0 N–H and O–H groups in total. The minimum Gasteiger partial charge on any atom is -0.331 e. The third kappa shape index (κ3) is 2.98. The van der Waals surface area contributed by atoms with Crippen LogP contribution in [0.5, 0.6) is 0 Å². The summed E-state index contributed by atoms with van der Waals surface area (Å²) < 4.78 is 15.9. The predicted octanol–water partition coefficient (Wildman–Crippen LogP) is 3.57. The molecular formula is C18H16ClFN4O. The van der Waals surface area contributed by atoms with Crippen molar-refractivity contribution in [1.29, 1.82) is 0 Å². The van der Waals surface area contributed by atoms with Crippen LogP contribution in [0, 0.1) is 5.82 Å². The Morgan fingerprint density at radius 3 is 2.92 bits per heavy atom. The highest BCUT2D eigenvalue weighted by Crippen LogP contribution is 2.32. The Bertz CT molecular complexity index is 947. The first-order valence-electron chi connectivity index (χ1n) is 8.05. The number of aromatic nitrogens is 3. The molecule has 0 radical (unpaired) electrons. The summed E-state index contributed by atoms with van der Waals surface area (Å²) in [5, 5.41) is 0.330. The number of fused-ring (bicyclic) bond motifs is 1. The van der Waals surface area contributed by atoms with Crippen LogP contribution in [0.2, 0.25) is 5.02 Å². The summed E-state index contributed by atoms with van der Waals surface area (Å²) in [7, 11) is 1.85. The number of pyridine rings is 1. The number of benzene rings is 1. The molecule has 0 spiro atoms. The number of rotatable bonds is 4. The first kappa shape index (κ1) is 16.0. The van der Waals surface area contributed by atoms with Crippen molar-refractivity contribution in [3.8, 4) is 0 Å². The monoisotopic (exact) mass is 358 g/mol. The number of halogens is 2. The molecule has 0 atom stereocenters. The van der Waals surface area contributed by atoms with Crippen molar-refractivity contribution in [1.82, 2.24) is 19.4 Å². The number of amides is 1.